The van der Waals surface area contributed by atoms with Crippen molar-refractivity contribution in [3.63, 3.8) is 0 Å². The van der Waals surface area contributed by atoms with Gasteiger partial charge in [-0.3, -0.25) is 0 Å². The normalized spacial score (nSPS) is 18.9. The Morgan fingerprint density at radius 1 is 1.43 bits per heavy atom. The quantitative estimate of drug-likeness (QED) is 0.943. The fourth-order valence-corrected chi connectivity index (χ4v) is 2.82. The molecule has 1 saturated heterocycles. The monoisotopic (exact) mass is 306 g/mol. The van der Waals surface area contributed by atoms with Crippen LogP contribution in [-0.2, 0) is 11.2 Å². The van der Waals surface area contributed by atoms with Crippen molar-refractivity contribution in [2.24, 2.45) is 0 Å². The molecule has 0 saturated carbocycles. The molecule has 1 fully saturated rings. The van der Waals surface area contributed by atoms with E-state index in [0.717, 1.165) is 54.0 Å². The molecule has 2 heterocycles. The van der Waals surface area contributed by atoms with E-state index in [1.807, 2.05) is 36.7 Å². The average molecular weight is 307 g/mol. The van der Waals surface area contributed by atoms with Crippen molar-refractivity contribution in [1.29, 1.82) is 0 Å². The second-order valence-corrected chi connectivity index (χ2v) is 5.76. The van der Waals surface area contributed by atoms with Gasteiger partial charge in [-0.2, -0.15) is 5.10 Å². The summed E-state index contributed by atoms with van der Waals surface area (Å²) in [4.78, 5) is 4.56. The van der Waals surface area contributed by atoms with Crippen molar-refractivity contribution < 1.29 is 4.74 Å². The number of aryl methyl sites for hydroxylation is 2. The van der Waals surface area contributed by atoms with Crippen molar-refractivity contribution in [3.8, 4) is 5.69 Å². The lowest BCUT2D eigenvalue weighted by Crippen LogP contribution is -2.40. The highest BCUT2D eigenvalue weighted by Gasteiger charge is 2.19. The second kappa shape index (κ2) is 6.13. The van der Waals surface area contributed by atoms with Crippen LogP contribution in [0.15, 0.2) is 18.2 Å². The standard InChI is InChI=1S/C15H19ClN4O/c1-10-7-12(16)3-4-14(10)20-15(18-11(2)19-20)8-13-9-17-5-6-21-13/h3-4,7,13,17H,5-6,8-9H2,1-2H3. The molecule has 0 radical (unpaired) electrons. The van der Waals surface area contributed by atoms with Crippen molar-refractivity contribution in [2.75, 3.05) is 19.7 Å². The first-order valence-electron chi connectivity index (χ1n) is 7.15. The summed E-state index contributed by atoms with van der Waals surface area (Å²) >= 11 is 6.03. The summed E-state index contributed by atoms with van der Waals surface area (Å²) in [5, 5.41) is 8.59. The molecular weight excluding hydrogens is 288 g/mol. The lowest BCUT2D eigenvalue weighted by molar-refractivity contribution is 0.0277. The fraction of sp³-hybridized carbons (Fsp3) is 0.467. The van der Waals surface area contributed by atoms with E-state index in [9.17, 15) is 0 Å². The Bertz CT molecular complexity index is 635. The van der Waals surface area contributed by atoms with Gasteiger partial charge in [-0.15, -0.1) is 0 Å². The maximum Gasteiger partial charge on any atom is 0.148 e. The average Bonchev–Trinajstić information content (AvgIpc) is 2.80. The van der Waals surface area contributed by atoms with Crippen LogP contribution in [0.5, 0.6) is 0 Å². The minimum Gasteiger partial charge on any atom is -0.375 e. The minimum atomic E-state index is 0.147. The summed E-state index contributed by atoms with van der Waals surface area (Å²) < 4.78 is 7.67. The minimum absolute atomic E-state index is 0.147. The Morgan fingerprint density at radius 3 is 3.00 bits per heavy atom. The summed E-state index contributed by atoms with van der Waals surface area (Å²) in [7, 11) is 0. The molecule has 21 heavy (non-hydrogen) atoms. The number of ether oxygens (including phenoxy) is 1. The molecule has 0 spiro atoms. The maximum absolute atomic E-state index is 6.03. The van der Waals surface area contributed by atoms with Crippen LogP contribution in [0.25, 0.3) is 5.69 Å². The number of nitrogens with zero attached hydrogens (tertiary/aromatic N) is 3. The van der Waals surface area contributed by atoms with Crippen molar-refractivity contribution in [3.05, 3.63) is 40.4 Å². The largest absolute Gasteiger partial charge is 0.375 e. The highest BCUT2D eigenvalue weighted by Crippen LogP contribution is 2.20. The molecule has 1 atom stereocenters. The molecule has 5 nitrogen and oxygen atoms in total. The molecule has 1 N–H and O–H groups in total. The predicted molar refractivity (Wildman–Crippen MR) is 82.2 cm³/mol. The summed E-state index contributed by atoms with van der Waals surface area (Å²) in [6.07, 6.45) is 0.893. The van der Waals surface area contributed by atoms with Gasteiger partial charge in [-0.25, -0.2) is 9.67 Å². The number of nitrogens with one attached hydrogen (secondary N) is 1. The number of hydrogen-bond acceptors (Lipinski definition) is 4. The first kappa shape index (κ1) is 14.5. The number of aromatic nitrogens is 3. The summed E-state index contributed by atoms with van der Waals surface area (Å²) in [6, 6.07) is 5.80. The van der Waals surface area contributed by atoms with Crippen LogP contribution in [0.2, 0.25) is 5.02 Å². The van der Waals surface area contributed by atoms with E-state index in [-0.39, 0.29) is 6.10 Å². The lowest BCUT2D eigenvalue weighted by atomic mass is 10.2. The number of rotatable bonds is 3. The zero-order valence-corrected chi connectivity index (χ0v) is 13.0. The van der Waals surface area contributed by atoms with Crippen LogP contribution in [0, 0.1) is 13.8 Å². The smallest absolute Gasteiger partial charge is 0.148 e. The van der Waals surface area contributed by atoms with E-state index >= 15 is 0 Å². The first-order valence-corrected chi connectivity index (χ1v) is 7.52. The van der Waals surface area contributed by atoms with E-state index in [1.165, 1.54) is 0 Å². The Morgan fingerprint density at radius 2 is 2.29 bits per heavy atom. The number of hydrogen-bond donors (Lipinski definition) is 1. The summed E-state index contributed by atoms with van der Waals surface area (Å²) in [5.74, 6) is 1.69. The molecule has 0 aliphatic carbocycles. The molecule has 0 bridgehead atoms. The number of benzene rings is 1. The SMILES string of the molecule is Cc1nc(CC2CNCCO2)n(-c2ccc(Cl)cc2C)n1. The molecule has 1 aliphatic rings. The molecule has 1 aliphatic heterocycles. The van der Waals surface area contributed by atoms with Crippen LogP contribution in [0.1, 0.15) is 17.2 Å². The van der Waals surface area contributed by atoms with E-state index in [0.29, 0.717) is 0 Å². The highest BCUT2D eigenvalue weighted by molar-refractivity contribution is 6.30. The van der Waals surface area contributed by atoms with Gasteiger partial charge >= 0.3 is 0 Å². The molecule has 112 valence electrons. The highest BCUT2D eigenvalue weighted by atomic mass is 35.5. The zero-order valence-electron chi connectivity index (χ0n) is 12.3. The predicted octanol–water partition coefficient (Wildman–Crippen LogP) is 2.07. The molecule has 3 rings (SSSR count). The Kier molecular flexibility index (Phi) is 4.24. The van der Waals surface area contributed by atoms with Gasteiger partial charge in [0.25, 0.3) is 0 Å². The van der Waals surface area contributed by atoms with Crippen LogP contribution in [0.4, 0.5) is 0 Å². The van der Waals surface area contributed by atoms with Crippen LogP contribution in [0.3, 0.4) is 0 Å². The van der Waals surface area contributed by atoms with Gasteiger partial charge in [0, 0.05) is 24.5 Å². The topological polar surface area (TPSA) is 52.0 Å². The van der Waals surface area contributed by atoms with Gasteiger partial charge in [-0.1, -0.05) is 11.6 Å². The van der Waals surface area contributed by atoms with Crippen LogP contribution >= 0.6 is 11.6 Å². The van der Waals surface area contributed by atoms with E-state index < -0.39 is 0 Å². The lowest BCUT2D eigenvalue weighted by Gasteiger charge is -2.23. The van der Waals surface area contributed by atoms with Crippen LogP contribution in [-0.4, -0.2) is 40.6 Å². The van der Waals surface area contributed by atoms with E-state index in [4.69, 9.17) is 16.3 Å². The summed E-state index contributed by atoms with van der Waals surface area (Å²) in [6.45, 7) is 6.45. The zero-order chi connectivity index (χ0) is 14.8. The third-order valence-electron chi connectivity index (χ3n) is 3.58. The van der Waals surface area contributed by atoms with Crippen molar-refractivity contribution in [1.82, 2.24) is 20.1 Å². The molecule has 2 aromatic rings. The van der Waals surface area contributed by atoms with Gasteiger partial charge in [0.05, 0.1) is 18.4 Å². The number of halogens is 1. The van der Waals surface area contributed by atoms with Crippen molar-refractivity contribution >= 4 is 11.6 Å². The third-order valence-corrected chi connectivity index (χ3v) is 3.82. The van der Waals surface area contributed by atoms with Crippen LogP contribution < -0.4 is 5.32 Å². The Hall–Kier alpha value is -1.43. The van der Waals surface area contributed by atoms with Gasteiger partial charge in [0.1, 0.15) is 11.6 Å². The molecular formula is C15H19ClN4O. The third kappa shape index (κ3) is 3.26. The molecule has 6 heteroatoms. The molecule has 1 unspecified atom stereocenters. The van der Waals surface area contributed by atoms with Gasteiger partial charge in [0.15, 0.2) is 0 Å². The van der Waals surface area contributed by atoms with E-state index in [2.05, 4.69) is 15.4 Å². The number of morpholine rings is 1. The summed E-state index contributed by atoms with van der Waals surface area (Å²) in [5.41, 5.74) is 2.09. The Labute approximate surface area is 129 Å². The molecule has 1 aromatic carbocycles. The Balaban J connectivity index is 1.91. The maximum atomic E-state index is 6.03. The van der Waals surface area contributed by atoms with Gasteiger partial charge in [0.2, 0.25) is 0 Å². The van der Waals surface area contributed by atoms with Gasteiger partial charge in [-0.05, 0) is 37.6 Å². The van der Waals surface area contributed by atoms with Gasteiger partial charge < -0.3 is 10.1 Å². The van der Waals surface area contributed by atoms with Crippen molar-refractivity contribution in [2.45, 2.75) is 26.4 Å². The first-order chi connectivity index (χ1) is 10.1. The van der Waals surface area contributed by atoms with E-state index in [1.54, 1.807) is 0 Å². The second-order valence-electron chi connectivity index (χ2n) is 5.32. The molecule has 0 amide bonds. The molecule has 1 aromatic heterocycles. The fourth-order valence-electron chi connectivity index (χ4n) is 2.59.